The van der Waals surface area contributed by atoms with Crippen LogP contribution in [0.25, 0.3) is 0 Å². The van der Waals surface area contributed by atoms with Crippen molar-refractivity contribution in [2.24, 2.45) is 0 Å². The maximum absolute atomic E-state index is 11.3. The summed E-state index contributed by atoms with van der Waals surface area (Å²) in [7, 11) is -0.237. The molecule has 1 aliphatic rings. The monoisotopic (exact) mass is 222 g/mol. The summed E-state index contributed by atoms with van der Waals surface area (Å²) in [5.41, 5.74) is 0. The van der Waals surface area contributed by atoms with Gasteiger partial charge in [-0.15, -0.1) is 0 Å². The summed E-state index contributed by atoms with van der Waals surface area (Å²) in [5, 5.41) is 0. The van der Waals surface area contributed by atoms with Crippen molar-refractivity contribution < 1.29 is 17.4 Å². The number of carbonyl (C=O) groups excluding carboxylic acids is 1. The molecule has 0 aromatic heterocycles. The number of carbonyl (C=O) groups is 1. The van der Waals surface area contributed by atoms with E-state index in [1.807, 2.05) is 0 Å². The first-order valence-corrected chi connectivity index (χ1v) is 5.96. The molecule has 6 nitrogen and oxygen atoms in total. The van der Waals surface area contributed by atoms with Crippen LogP contribution in [-0.2, 0) is 14.3 Å². The van der Waals surface area contributed by atoms with Gasteiger partial charge in [0.1, 0.15) is 6.10 Å². The van der Waals surface area contributed by atoms with E-state index < -0.39 is 16.2 Å². The SMILES string of the molecule is CN1CC(OS(C)(=O)=O)CN(C)C1=O. The molecule has 0 bridgehead atoms. The van der Waals surface area contributed by atoms with Gasteiger partial charge in [-0.25, -0.2) is 4.79 Å². The van der Waals surface area contributed by atoms with Crippen LogP contribution in [0.2, 0.25) is 0 Å². The van der Waals surface area contributed by atoms with Crippen LogP contribution in [0.1, 0.15) is 0 Å². The number of hydrogen-bond donors (Lipinski definition) is 0. The Morgan fingerprint density at radius 3 is 2.07 bits per heavy atom. The van der Waals surface area contributed by atoms with Gasteiger partial charge >= 0.3 is 6.03 Å². The summed E-state index contributed by atoms with van der Waals surface area (Å²) in [5.74, 6) is 0. The molecule has 1 aliphatic heterocycles. The molecule has 1 fully saturated rings. The highest BCUT2D eigenvalue weighted by Crippen LogP contribution is 2.10. The average Bonchev–Trinajstić information content (AvgIpc) is 1.96. The molecule has 1 rings (SSSR count). The third-order valence-electron chi connectivity index (χ3n) is 1.92. The minimum Gasteiger partial charge on any atom is -0.325 e. The number of rotatable bonds is 2. The molecular formula is C7H14N2O4S. The van der Waals surface area contributed by atoms with Crippen LogP contribution >= 0.6 is 0 Å². The molecule has 14 heavy (non-hydrogen) atoms. The lowest BCUT2D eigenvalue weighted by atomic mass is 10.3. The van der Waals surface area contributed by atoms with E-state index in [-0.39, 0.29) is 6.03 Å². The number of nitrogens with zero attached hydrogens (tertiary/aromatic N) is 2. The fourth-order valence-corrected chi connectivity index (χ4v) is 2.04. The van der Waals surface area contributed by atoms with E-state index in [1.165, 1.54) is 9.80 Å². The summed E-state index contributed by atoms with van der Waals surface area (Å²) < 4.78 is 26.5. The van der Waals surface area contributed by atoms with E-state index in [0.717, 1.165) is 6.26 Å². The number of hydrogen-bond acceptors (Lipinski definition) is 4. The standard InChI is InChI=1S/C7H14N2O4S/c1-8-4-6(13-14(3,11)12)5-9(2)7(8)10/h6H,4-5H2,1-3H3. The number of likely N-dealkylation sites (N-methyl/N-ethyl adjacent to an activating group) is 2. The van der Waals surface area contributed by atoms with Crippen molar-refractivity contribution in [1.29, 1.82) is 0 Å². The molecule has 0 aliphatic carbocycles. The molecule has 0 aromatic rings. The van der Waals surface area contributed by atoms with Crippen LogP contribution in [-0.4, -0.2) is 63.8 Å². The Balaban J connectivity index is 2.63. The van der Waals surface area contributed by atoms with Gasteiger partial charge in [-0.3, -0.25) is 4.18 Å². The first kappa shape index (κ1) is 11.3. The van der Waals surface area contributed by atoms with Gasteiger partial charge < -0.3 is 9.80 Å². The van der Waals surface area contributed by atoms with Gasteiger partial charge in [0.25, 0.3) is 10.1 Å². The number of urea groups is 1. The van der Waals surface area contributed by atoms with Crippen LogP contribution in [0.15, 0.2) is 0 Å². The quantitative estimate of drug-likeness (QED) is 0.581. The fourth-order valence-electron chi connectivity index (χ4n) is 1.42. The van der Waals surface area contributed by atoms with Crippen molar-refractivity contribution in [3.63, 3.8) is 0 Å². The maximum Gasteiger partial charge on any atom is 0.319 e. The normalized spacial score (nSPS) is 20.4. The molecule has 0 spiro atoms. The Labute approximate surface area is 83.6 Å². The summed E-state index contributed by atoms with van der Waals surface area (Å²) in [6.07, 6.45) is 0.529. The lowest BCUT2D eigenvalue weighted by molar-refractivity contribution is 0.0805. The lowest BCUT2D eigenvalue weighted by Gasteiger charge is -2.35. The van der Waals surface area contributed by atoms with Gasteiger partial charge in [-0.2, -0.15) is 8.42 Å². The molecule has 0 atom stereocenters. The molecule has 1 saturated heterocycles. The molecule has 7 heteroatoms. The summed E-state index contributed by atoms with van der Waals surface area (Å²) in [6.45, 7) is 0.604. The second-order valence-corrected chi connectivity index (χ2v) is 5.07. The van der Waals surface area contributed by atoms with Crippen molar-refractivity contribution >= 4 is 16.1 Å². The van der Waals surface area contributed by atoms with Gasteiger partial charge in [0.2, 0.25) is 0 Å². The average molecular weight is 222 g/mol. The van der Waals surface area contributed by atoms with Crippen LogP contribution < -0.4 is 0 Å². The summed E-state index contributed by atoms with van der Waals surface area (Å²) >= 11 is 0. The van der Waals surface area contributed by atoms with Gasteiger partial charge in [-0.1, -0.05) is 0 Å². The lowest BCUT2D eigenvalue weighted by Crippen LogP contribution is -2.53. The smallest absolute Gasteiger partial charge is 0.319 e. The van der Waals surface area contributed by atoms with Crippen LogP contribution in [0.3, 0.4) is 0 Å². The summed E-state index contributed by atoms with van der Waals surface area (Å²) in [6, 6.07) is -0.127. The highest BCUT2D eigenvalue weighted by molar-refractivity contribution is 7.86. The molecule has 0 aromatic carbocycles. The largest absolute Gasteiger partial charge is 0.325 e. The van der Waals surface area contributed by atoms with Crippen LogP contribution in [0.5, 0.6) is 0 Å². The van der Waals surface area contributed by atoms with Gasteiger partial charge in [0, 0.05) is 14.1 Å². The zero-order chi connectivity index (χ0) is 10.9. The van der Waals surface area contributed by atoms with Gasteiger partial charge in [0.05, 0.1) is 19.3 Å². The molecule has 0 N–H and O–H groups in total. The molecule has 1 heterocycles. The van der Waals surface area contributed by atoms with Crippen LogP contribution in [0.4, 0.5) is 4.79 Å². The predicted molar refractivity (Wildman–Crippen MR) is 50.4 cm³/mol. The van der Waals surface area contributed by atoms with E-state index in [4.69, 9.17) is 4.18 Å². The van der Waals surface area contributed by atoms with Gasteiger partial charge in [-0.05, 0) is 0 Å². The van der Waals surface area contributed by atoms with Crippen molar-refractivity contribution in [1.82, 2.24) is 9.80 Å². The number of amides is 2. The van der Waals surface area contributed by atoms with E-state index in [9.17, 15) is 13.2 Å². The zero-order valence-electron chi connectivity index (χ0n) is 8.43. The Bertz CT molecular complexity index is 313. The van der Waals surface area contributed by atoms with Crippen LogP contribution in [0, 0.1) is 0 Å². The molecule has 0 unspecified atom stereocenters. The van der Waals surface area contributed by atoms with E-state index in [2.05, 4.69) is 0 Å². The predicted octanol–water partition coefficient (Wildman–Crippen LogP) is -0.672. The van der Waals surface area contributed by atoms with E-state index >= 15 is 0 Å². The Kier molecular flexibility index (Phi) is 3.01. The van der Waals surface area contributed by atoms with Gasteiger partial charge in [0.15, 0.2) is 0 Å². The van der Waals surface area contributed by atoms with Crippen molar-refractivity contribution in [3.05, 3.63) is 0 Å². The molecule has 0 radical (unpaired) electrons. The maximum atomic E-state index is 11.3. The third-order valence-corrected chi connectivity index (χ3v) is 2.54. The van der Waals surface area contributed by atoms with E-state index in [0.29, 0.717) is 13.1 Å². The Morgan fingerprint density at radius 2 is 1.71 bits per heavy atom. The molecular weight excluding hydrogens is 208 g/mol. The highest BCUT2D eigenvalue weighted by Gasteiger charge is 2.29. The minimum atomic E-state index is -3.45. The second-order valence-electron chi connectivity index (χ2n) is 3.47. The van der Waals surface area contributed by atoms with Crippen molar-refractivity contribution in [2.75, 3.05) is 33.4 Å². The zero-order valence-corrected chi connectivity index (χ0v) is 9.24. The fraction of sp³-hybridized carbons (Fsp3) is 0.857. The van der Waals surface area contributed by atoms with Crippen molar-refractivity contribution in [2.45, 2.75) is 6.10 Å². The Morgan fingerprint density at radius 1 is 1.29 bits per heavy atom. The Hall–Kier alpha value is -0.820. The highest BCUT2D eigenvalue weighted by atomic mass is 32.2. The third kappa shape index (κ3) is 2.85. The minimum absolute atomic E-state index is 0.127. The first-order valence-electron chi connectivity index (χ1n) is 4.14. The van der Waals surface area contributed by atoms with Crippen molar-refractivity contribution in [3.8, 4) is 0 Å². The first-order chi connectivity index (χ1) is 6.29. The second kappa shape index (κ2) is 3.74. The topological polar surface area (TPSA) is 66.9 Å². The molecule has 82 valence electrons. The molecule has 2 amide bonds. The summed E-state index contributed by atoms with van der Waals surface area (Å²) in [4.78, 5) is 14.1. The molecule has 0 saturated carbocycles. The van der Waals surface area contributed by atoms with E-state index in [1.54, 1.807) is 14.1 Å².